The van der Waals surface area contributed by atoms with Gasteiger partial charge < -0.3 is 20.7 Å². The maximum Gasteiger partial charge on any atom is 0.221 e. The average Bonchev–Trinajstić information content (AvgIpc) is 3.42. The summed E-state index contributed by atoms with van der Waals surface area (Å²) in [6.07, 6.45) is 2.97. The van der Waals surface area contributed by atoms with Gasteiger partial charge in [0.05, 0.1) is 13.2 Å². The highest BCUT2D eigenvalue weighted by Gasteiger charge is 2.22. The fourth-order valence-corrected chi connectivity index (χ4v) is 2.46. The Balaban J connectivity index is 0.00000364. The Labute approximate surface area is 179 Å². The van der Waals surface area contributed by atoms with E-state index in [1.54, 1.807) is 0 Å². The van der Waals surface area contributed by atoms with E-state index in [9.17, 15) is 4.79 Å². The molecule has 0 bridgehead atoms. The van der Waals surface area contributed by atoms with Gasteiger partial charge in [0.1, 0.15) is 5.75 Å². The van der Waals surface area contributed by atoms with Crippen molar-refractivity contribution in [2.45, 2.75) is 52.6 Å². The molecular formula is C20H33IN4O2. The number of guanidine groups is 1. The smallest absolute Gasteiger partial charge is 0.221 e. The SMILES string of the molecule is CCNC(=NCc1ccccc1OCC1CC1)NCCC(=O)NC(C)C.I. The number of carbonyl (C=O) groups is 1. The van der Waals surface area contributed by atoms with Crippen LogP contribution in [-0.2, 0) is 11.3 Å². The van der Waals surface area contributed by atoms with Gasteiger partial charge in [0.15, 0.2) is 5.96 Å². The molecule has 0 saturated heterocycles. The standard InChI is InChI=1S/C20H32N4O2.HI/c1-4-21-20(22-12-11-19(25)24-15(2)3)23-13-17-7-5-6-8-18(17)26-14-16-9-10-16;/h5-8,15-16H,4,9-14H2,1-3H3,(H,24,25)(H2,21,22,23);1H. The number of ether oxygens (including phenoxy) is 1. The van der Waals surface area contributed by atoms with Crippen molar-refractivity contribution in [3.8, 4) is 5.75 Å². The van der Waals surface area contributed by atoms with Gasteiger partial charge in [-0.3, -0.25) is 4.79 Å². The molecule has 7 heteroatoms. The Morgan fingerprint density at radius 2 is 2.00 bits per heavy atom. The number of hydrogen-bond acceptors (Lipinski definition) is 3. The number of nitrogens with zero attached hydrogens (tertiary/aromatic N) is 1. The summed E-state index contributed by atoms with van der Waals surface area (Å²) in [4.78, 5) is 16.3. The van der Waals surface area contributed by atoms with Crippen molar-refractivity contribution in [3.05, 3.63) is 29.8 Å². The number of nitrogens with one attached hydrogen (secondary N) is 3. The number of aliphatic imine (C=N–C) groups is 1. The van der Waals surface area contributed by atoms with Crippen LogP contribution in [0.25, 0.3) is 0 Å². The van der Waals surface area contributed by atoms with Gasteiger partial charge in [-0.15, -0.1) is 24.0 Å². The average molecular weight is 488 g/mol. The molecule has 1 aliphatic carbocycles. The van der Waals surface area contributed by atoms with E-state index >= 15 is 0 Å². The van der Waals surface area contributed by atoms with Gasteiger partial charge in [-0.1, -0.05) is 18.2 Å². The lowest BCUT2D eigenvalue weighted by atomic mass is 10.2. The first-order valence-electron chi connectivity index (χ1n) is 9.60. The van der Waals surface area contributed by atoms with Gasteiger partial charge in [0, 0.05) is 31.1 Å². The molecule has 1 aromatic rings. The van der Waals surface area contributed by atoms with E-state index in [1.807, 2.05) is 45.0 Å². The van der Waals surface area contributed by atoms with E-state index in [1.165, 1.54) is 12.8 Å². The normalized spacial score (nSPS) is 13.7. The predicted octanol–water partition coefficient (Wildman–Crippen LogP) is 3.06. The van der Waals surface area contributed by atoms with Gasteiger partial charge in [-0.2, -0.15) is 0 Å². The molecule has 1 aliphatic rings. The summed E-state index contributed by atoms with van der Waals surface area (Å²) < 4.78 is 5.94. The van der Waals surface area contributed by atoms with Crippen molar-refractivity contribution in [1.82, 2.24) is 16.0 Å². The second kappa shape index (κ2) is 12.8. The van der Waals surface area contributed by atoms with Crippen LogP contribution in [0.2, 0.25) is 0 Å². The van der Waals surface area contributed by atoms with Crippen LogP contribution in [0, 0.1) is 5.92 Å². The summed E-state index contributed by atoms with van der Waals surface area (Å²) >= 11 is 0. The van der Waals surface area contributed by atoms with Crippen molar-refractivity contribution in [1.29, 1.82) is 0 Å². The molecular weight excluding hydrogens is 455 g/mol. The molecule has 152 valence electrons. The minimum Gasteiger partial charge on any atom is -0.493 e. The number of carbonyl (C=O) groups excluding carboxylic acids is 1. The molecule has 1 fully saturated rings. The number of para-hydroxylation sites is 1. The Hall–Kier alpha value is -1.51. The second-order valence-corrected chi connectivity index (χ2v) is 6.96. The van der Waals surface area contributed by atoms with Gasteiger partial charge in [0.25, 0.3) is 0 Å². The van der Waals surface area contributed by atoms with Crippen molar-refractivity contribution in [2.24, 2.45) is 10.9 Å². The Morgan fingerprint density at radius 3 is 2.67 bits per heavy atom. The van der Waals surface area contributed by atoms with E-state index in [4.69, 9.17) is 4.74 Å². The first-order valence-corrected chi connectivity index (χ1v) is 9.60. The molecule has 2 rings (SSSR count). The Bertz CT molecular complexity index is 603. The van der Waals surface area contributed by atoms with Gasteiger partial charge in [0.2, 0.25) is 5.91 Å². The van der Waals surface area contributed by atoms with Gasteiger partial charge in [-0.25, -0.2) is 4.99 Å². The van der Waals surface area contributed by atoms with E-state index < -0.39 is 0 Å². The topological polar surface area (TPSA) is 74.8 Å². The number of benzene rings is 1. The second-order valence-electron chi connectivity index (χ2n) is 6.96. The largest absolute Gasteiger partial charge is 0.493 e. The first-order chi connectivity index (χ1) is 12.6. The summed E-state index contributed by atoms with van der Waals surface area (Å²) in [6, 6.07) is 8.21. The fraction of sp³-hybridized carbons (Fsp3) is 0.600. The van der Waals surface area contributed by atoms with E-state index in [0.29, 0.717) is 25.5 Å². The zero-order valence-corrected chi connectivity index (χ0v) is 18.9. The molecule has 0 heterocycles. The highest BCUT2D eigenvalue weighted by atomic mass is 127. The molecule has 0 aliphatic heterocycles. The highest BCUT2D eigenvalue weighted by molar-refractivity contribution is 14.0. The van der Waals surface area contributed by atoms with Crippen LogP contribution in [0.1, 0.15) is 45.6 Å². The quantitative estimate of drug-likeness (QED) is 0.269. The number of halogens is 1. The van der Waals surface area contributed by atoms with Gasteiger partial charge >= 0.3 is 0 Å². The lowest BCUT2D eigenvalue weighted by molar-refractivity contribution is -0.121. The Kier molecular flexibility index (Phi) is 11.2. The molecule has 3 N–H and O–H groups in total. The third-order valence-electron chi connectivity index (χ3n) is 3.99. The number of amides is 1. The molecule has 27 heavy (non-hydrogen) atoms. The van der Waals surface area contributed by atoms with Crippen LogP contribution in [0.5, 0.6) is 5.75 Å². The summed E-state index contributed by atoms with van der Waals surface area (Å²) in [7, 11) is 0. The minimum absolute atomic E-state index is 0. The van der Waals surface area contributed by atoms with Crippen LogP contribution < -0.4 is 20.7 Å². The lowest BCUT2D eigenvalue weighted by Crippen LogP contribution is -2.40. The molecule has 0 unspecified atom stereocenters. The lowest BCUT2D eigenvalue weighted by Gasteiger charge is -2.13. The third-order valence-corrected chi connectivity index (χ3v) is 3.99. The van der Waals surface area contributed by atoms with Crippen molar-refractivity contribution in [3.63, 3.8) is 0 Å². The molecule has 1 amide bonds. The van der Waals surface area contributed by atoms with Crippen LogP contribution >= 0.6 is 24.0 Å². The van der Waals surface area contributed by atoms with Crippen LogP contribution in [0.3, 0.4) is 0 Å². The summed E-state index contributed by atoms with van der Waals surface area (Å²) in [5, 5.41) is 9.31. The van der Waals surface area contributed by atoms with Crippen LogP contribution in [0.15, 0.2) is 29.3 Å². The van der Waals surface area contributed by atoms with Crippen LogP contribution in [-0.4, -0.2) is 37.6 Å². The monoisotopic (exact) mass is 488 g/mol. The maximum absolute atomic E-state index is 11.7. The zero-order valence-electron chi connectivity index (χ0n) is 16.6. The van der Waals surface area contributed by atoms with E-state index in [2.05, 4.69) is 20.9 Å². The summed E-state index contributed by atoms with van der Waals surface area (Å²) in [5.74, 6) is 2.39. The first kappa shape index (κ1) is 23.5. The zero-order chi connectivity index (χ0) is 18.8. The Morgan fingerprint density at radius 1 is 1.26 bits per heavy atom. The van der Waals surface area contributed by atoms with E-state index in [-0.39, 0.29) is 35.9 Å². The summed E-state index contributed by atoms with van der Waals surface area (Å²) in [5.41, 5.74) is 1.07. The molecule has 1 saturated carbocycles. The highest BCUT2D eigenvalue weighted by Crippen LogP contribution is 2.30. The van der Waals surface area contributed by atoms with Crippen molar-refractivity contribution < 1.29 is 9.53 Å². The molecule has 1 aromatic carbocycles. The molecule has 6 nitrogen and oxygen atoms in total. The molecule has 0 aromatic heterocycles. The number of rotatable bonds is 10. The predicted molar refractivity (Wildman–Crippen MR) is 121 cm³/mol. The van der Waals surface area contributed by atoms with Crippen LogP contribution in [0.4, 0.5) is 0 Å². The minimum atomic E-state index is 0. The van der Waals surface area contributed by atoms with Crippen molar-refractivity contribution >= 4 is 35.8 Å². The third kappa shape index (κ3) is 9.83. The maximum atomic E-state index is 11.7. The molecule has 0 radical (unpaired) electrons. The molecule has 0 atom stereocenters. The van der Waals surface area contributed by atoms with Crippen molar-refractivity contribution in [2.75, 3.05) is 19.7 Å². The molecule has 0 spiro atoms. The van der Waals surface area contributed by atoms with E-state index in [0.717, 1.165) is 30.4 Å². The summed E-state index contributed by atoms with van der Waals surface area (Å²) in [6.45, 7) is 8.58. The number of hydrogen-bond donors (Lipinski definition) is 3. The fourth-order valence-electron chi connectivity index (χ4n) is 2.46. The van der Waals surface area contributed by atoms with Gasteiger partial charge in [-0.05, 0) is 45.6 Å².